The standard InChI is InChI=1S/C17H22N2O2S/c1-13(19-8-6-16-14(12-19)7-10-22-16)11-18-17(20)5-4-15-3-2-9-21-15/h2-3,7,9-10,13H,4-6,8,11-12H2,1H3,(H,18,20)/t13-/m1/s1. The number of amides is 1. The van der Waals surface area contributed by atoms with Gasteiger partial charge in [-0.25, -0.2) is 0 Å². The molecule has 0 radical (unpaired) electrons. The summed E-state index contributed by atoms with van der Waals surface area (Å²) in [6.45, 7) is 4.97. The number of aryl methyl sites for hydroxylation is 1. The highest BCUT2D eigenvalue weighted by Gasteiger charge is 2.21. The van der Waals surface area contributed by atoms with E-state index in [4.69, 9.17) is 4.42 Å². The molecule has 3 rings (SSSR count). The molecule has 1 amide bonds. The number of nitrogens with zero attached hydrogens (tertiary/aromatic N) is 1. The fourth-order valence-electron chi connectivity index (χ4n) is 2.82. The third kappa shape index (κ3) is 3.78. The van der Waals surface area contributed by atoms with E-state index in [9.17, 15) is 4.79 Å². The first-order valence-electron chi connectivity index (χ1n) is 7.81. The quantitative estimate of drug-likeness (QED) is 0.891. The average molecular weight is 318 g/mol. The SMILES string of the molecule is C[C@H](CNC(=O)CCc1ccco1)N1CCc2sccc2C1. The molecule has 22 heavy (non-hydrogen) atoms. The summed E-state index contributed by atoms with van der Waals surface area (Å²) >= 11 is 1.86. The van der Waals surface area contributed by atoms with E-state index in [1.807, 2.05) is 23.5 Å². The van der Waals surface area contributed by atoms with Gasteiger partial charge >= 0.3 is 0 Å². The molecule has 0 unspecified atom stereocenters. The second-order valence-electron chi connectivity index (χ2n) is 5.82. The Balaban J connectivity index is 1.40. The van der Waals surface area contributed by atoms with Crippen LogP contribution in [0.3, 0.4) is 0 Å². The van der Waals surface area contributed by atoms with Crippen LogP contribution in [0.1, 0.15) is 29.5 Å². The van der Waals surface area contributed by atoms with Crippen LogP contribution in [0, 0.1) is 0 Å². The van der Waals surface area contributed by atoms with E-state index in [1.54, 1.807) is 6.26 Å². The summed E-state index contributed by atoms with van der Waals surface area (Å²) in [5.41, 5.74) is 1.45. The van der Waals surface area contributed by atoms with Crippen LogP contribution in [-0.4, -0.2) is 29.9 Å². The zero-order valence-electron chi connectivity index (χ0n) is 12.9. The van der Waals surface area contributed by atoms with Crippen molar-refractivity contribution in [2.75, 3.05) is 13.1 Å². The van der Waals surface area contributed by atoms with Gasteiger partial charge in [0.1, 0.15) is 5.76 Å². The monoisotopic (exact) mass is 318 g/mol. The highest BCUT2D eigenvalue weighted by atomic mass is 32.1. The lowest BCUT2D eigenvalue weighted by molar-refractivity contribution is -0.121. The lowest BCUT2D eigenvalue weighted by Gasteiger charge is -2.32. The van der Waals surface area contributed by atoms with Crippen LogP contribution < -0.4 is 5.32 Å². The van der Waals surface area contributed by atoms with Crippen molar-refractivity contribution in [1.82, 2.24) is 10.2 Å². The summed E-state index contributed by atoms with van der Waals surface area (Å²) in [4.78, 5) is 15.9. The highest BCUT2D eigenvalue weighted by Crippen LogP contribution is 2.24. The summed E-state index contributed by atoms with van der Waals surface area (Å²) in [6.07, 6.45) is 3.91. The number of carbonyl (C=O) groups is 1. The predicted molar refractivity (Wildman–Crippen MR) is 87.9 cm³/mol. The van der Waals surface area contributed by atoms with E-state index in [0.29, 0.717) is 25.4 Å². The van der Waals surface area contributed by atoms with Crippen molar-refractivity contribution in [2.24, 2.45) is 0 Å². The van der Waals surface area contributed by atoms with E-state index in [0.717, 1.165) is 25.3 Å². The first kappa shape index (κ1) is 15.3. The highest BCUT2D eigenvalue weighted by molar-refractivity contribution is 7.10. The second-order valence-corrected chi connectivity index (χ2v) is 6.82. The molecular formula is C17H22N2O2S. The zero-order chi connectivity index (χ0) is 15.4. The van der Waals surface area contributed by atoms with Crippen molar-refractivity contribution >= 4 is 17.2 Å². The summed E-state index contributed by atoms with van der Waals surface area (Å²) in [5, 5.41) is 5.22. The number of hydrogen-bond donors (Lipinski definition) is 1. The van der Waals surface area contributed by atoms with Gasteiger partial charge in [0.05, 0.1) is 6.26 Å². The molecule has 1 atom stereocenters. The molecule has 0 saturated carbocycles. The molecule has 0 bridgehead atoms. The molecule has 2 aromatic rings. The minimum atomic E-state index is 0.0940. The van der Waals surface area contributed by atoms with Gasteiger partial charge in [0.15, 0.2) is 0 Å². The molecule has 0 fully saturated rings. The van der Waals surface area contributed by atoms with E-state index >= 15 is 0 Å². The summed E-state index contributed by atoms with van der Waals surface area (Å²) in [7, 11) is 0. The Morgan fingerprint density at radius 3 is 3.23 bits per heavy atom. The number of fused-ring (bicyclic) bond motifs is 1. The van der Waals surface area contributed by atoms with Gasteiger partial charge in [0, 0.05) is 43.4 Å². The third-order valence-corrected chi connectivity index (χ3v) is 5.26. The lowest BCUT2D eigenvalue weighted by Crippen LogP contribution is -2.44. The van der Waals surface area contributed by atoms with Crippen molar-refractivity contribution in [1.29, 1.82) is 0 Å². The Hall–Kier alpha value is -1.59. The molecule has 0 saturated heterocycles. The molecule has 0 aromatic carbocycles. The van der Waals surface area contributed by atoms with Crippen LogP contribution >= 0.6 is 11.3 Å². The third-order valence-electron chi connectivity index (χ3n) is 4.23. The fraction of sp³-hybridized carbons (Fsp3) is 0.471. The average Bonchev–Trinajstić information content (AvgIpc) is 3.20. The Kier molecular flexibility index (Phi) is 4.95. The summed E-state index contributed by atoms with van der Waals surface area (Å²) < 4.78 is 5.24. The van der Waals surface area contributed by atoms with Crippen LogP contribution in [0.15, 0.2) is 34.3 Å². The van der Waals surface area contributed by atoms with Crippen molar-refractivity contribution in [2.45, 2.75) is 38.8 Å². The topological polar surface area (TPSA) is 45.5 Å². The van der Waals surface area contributed by atoms with Crippen LogP contribution in [0.25, 0.3) is 0 Å². The van der Waals surface area contributed by atoms with Gasteiger partial charge in [-0.2, -0.15) is 0 Å². The molecule has 1 N–H and O–H groups in total. The van der Waals surface area contributed by atoms with E-state index in [-0.39, 0.29) is 5.91 Å². The maximum Gasteiger partial charge on any atom is 0.220 e. The largest absolute Gasteiger partial charge is 0.469 e. The predicted octanol–water partition coefficient (Wildman–Crippen LogP) is 2.84. The Morgan fingerprint density at radius 2 is 2.41 bits per heavy atom. The van der Waals surface area contributed by atoms with Crippen LogP contribution in [-0.2, 0) is 24.2 Å². The number of nitrogens with one attached hydrogen (secondary N) is 1. The van der Waals surface area contributed by atoms with Gasteiger partial charge < -0.3 is 9.73 Å². The second kappa shape index (κ2) is 7.11. The first-order chi connectivity index (χ1) is 10.7. The van der Waals surface area contributed by atoms with Gasteiger partial charge in [-0.3, -0.25) is 9.69 Å². The molecule has 3 heterocycles. The number of hydrogen-bond acceptors (Lipinski definition) is 4. The Morgan fingerprint density at radius 1 is 1.50 bits per heavy atom. The maximum atomic E-state index is 11.9. The molecule has 118 valence electrons. The molecule has 1 aliphatic rings. The first-order valence-corrected chi connectivity index (χ1v) is 8.68. The van der Waals surface area contributed by atoms with Crippen molar-refractivity contribution < 1.29 is 9.21 Å². The normalized spacial score (nSPS) is 16.2. The van der Waals surface area contributed by atoms with Crippen molar-refractivity contribution in [3.63, 3.8) is 0 Å². The molecule has 2 aromatic heterocycles. The zero-order valence-corrected chi connectivity index (χ0v) is 13.7. The number of rotatable bonds is 6. The lowest BCUT2D eigenvalue weighted by atomic mass is 10.1. The Labute approximate surface area is 135 Å². The molecule has 5 heteroatoms. The molecule has 0 aliphatic carbocycles. The van der Waals surface area contributed by atoms with Crippen LogP contribution in [0.4, 0.5) is 0 Å². The van der Waals surface area contributed by atoms with Gasteiger partial charge in [-0.1, -0.05) is 0 Å². The smallest absolute Gasteiger partial charge is 0.220 e. The van der Waals surface area contributed by atoms with Crippen molar-refractivity contribution in [3.8, 4) is 0 Å². The van der Waals surface area contributed by atoms with Gasteiger partial charge in [0.25, 0.3) is 0 Å². The molecule has 1 aliphatic heterocycles. The fourth-order valence-corrected chi connectivity index (χ4v) is 3.71. The molecule has 0 spiro atoms. The van der Waals surface area contributed by atoms with Gasteiger partial charge in [0.2, 0.25) is 5.91 Å². The molecule has 4 nitrogen and oxygen atoms in total. The number of carbonyl (C=O) groups excluding carboxylic acids is 1. The molecular weight excluding hydrogens is 296 g/mol. The van der Waals surface area contributed by atoms with Crippen LogP contribution in [0.5, 0.6) is 0 Å². The van der Waals surface area contributed by atoms with Gasteiger partial charge in [-0.05, 0) is 42.5 Å². The number of furan rings is 1. The van der Waals surface area contributed by atoms with Crippen LogP contribution in [0.2, 0.25) is 0 Å². The Bertz CT molecular complexity index is 606. The van der Waals surface area contributed by atoms with E-state index in [2.05, 4.69) is 28.6 Å². The summed E-state index contributed by atoms with van der Waals surface area (Å²) in [6, 6.07) is 6.34. The van der Waals surface area contributed by atoms with E-state index in [1.165, 1.54) is 10.4 Å². The maximum absolute atomic E-state index is 11.9. The minimum Gasteiger partial charge on any atom is -0.469 e. The summed E-state index contributed by atoms with van der Waals surface area (Å²) in [5.74, 6) is 0.959. The van der Waals surface area contributed by atoms with Crippen molar-refractivity contribution in [3.05, 3.63) is 46.0 Å². The van der Waals surface area contributed by atoms with Gasteiger partial charge in [-0.15, -0.1) is 11.3 Å². The van der Waals surface area contributed by atoms with E-state index < -0.39 is 0 Å². The minimum absolute atomic E-state index is 0.0940. The number of thiophene rings is 1.